The predicted molar refractivity (Wildman–Crippen MR) is 61.6 cm³/mol. The highest BCUT2D eigenvalue weighted by molar-refractivity contribution is 5.71. The normalized spacial score (nSPS) is 18.1. The maximum Gasteiger partial charge on any atom is 0.310 e. The molecule has 0 heterocycles. The van der Waals surface area contributed by atoms with Crippen LogP contribution in [-0.4, -0.2) is 28.1 Å². The molecule has 2 atom stereocenters. The maximum atomic E-state index is 11.4. The molecule has 0 fully saturated rings. The third kappa shape index (κ3) is 3.19. The highest BCUT2D eigenvalue weighted by atomic mass is 16.6. The monoisotopic (exact) mass is 232 g/mol. The molecular formula is C12H24O4. The first-order valence-electron chi connectivity index (χ1n) is 5.67. The Morgan fingerprint density at radius 3 is 2.06 bits per heavy atom. The molecule has 0 rings (SSSR count). The van der Waals surface area contributed by atoms with E-state index in [1.165, 1.54) is 0 Å². The van der Waals surface area contributed by atoms with Gasteiger partial charge in [-0.3, -0.25) is 4.79 Å². The Morgan fingerprint density at radius 2 is 1.75 bits per heavy atom. The molecule has 16 heavy (non-hydrogen) atoms. The average Bonchev–Trinajstić information content (AvgIpc) is 2.16. The van der Waals surface area contributed by atoms with Crippen LogP contribution in [0.25, 0.3) is 0 Å². The van der Waals surface area contributed by atoms with Gasteiger partial charge in [0.1, 0.15) is 0 Å². The zero-order valence-electron chi connectivity index (χ0n) is 11.1. The van der Waals surface area contributed by atoms with Gasteiger partial charge in [0.15, 0.2) is 0 Å². The van der Waals surface area contributed by atoms with E-state index in [0.717, 1.165) is 0 Å². The Hall–Kier alpha value is -0.610. The molecule has 0 aliphatic rings. The van der Waals surface area contributed by atoms with Crippen molar-refractivity contribution in [1.29, 1.82) is 0 Å². The highest BCUT2D eigenvalue weighted by Crippen LogP contribution is 2.37. The van der Waals surface area contributed by atoms with Gasteiger partial charge in [-0.05, 0) is 13.3 Å². The zero-order chi connectivity index (χ0) is 13.1. The van der Waals surface area contributed by atoms with Crippen LogP contribution < -0.4 is 0 Å². The second-order valence-corrected chi connectivity index (χ2v) is 5.29. The Balaban J connectivity index is 4.71. The van der Waals surface area contributed by atoms with Gasteiger partial charge in [0.2, 0.25) is 6.29 Å². The van der Waals surface area contributed by atoms with Gasteiger partial charge in [-0.25, -0.2) is 0 Å². The summed E-state index contributed by atoms with van der Waals surface area (Å²) in [6.07, 6.45) is -0.839. The third-order valence-electron chi connectivity index (χ3n) is 3.39. The zero-order valence-corrected chi connectivity index (χ0v) is 11.1. The molecule has 4 heteroatoms. The van der Waals surface area contributed by atoms with Crippen LogP contribution >= 0.6 is 0 Å². The van der Waals surface area contributed by atoms with Crippen molar-refractivity contribution < 1.29 is 19.7 Å². The molecular weight excluding hydrogens is 208 g/mol. The van der Waals surface area contributed by atoms with Crippen LogP contribution in [0.15, 0.2) is 0 Å². The van der Waals surface area contributed by atoms with Gasteiger partial charge in [0, 0.05) is 0 Å². The molecule has 0 aromatic carbocycles. The van der Waals surface area contributed by atoms with E-state index in [1.807, 2.05) is 6.92 Å². The number of ether oxygens (including phenoxy) is 1. The first-order valence-corrected chi connectivity index (χ1v) is 5.67. The average molecular weight is 232 g/mol. The molecule has 4 nitrogen and oxygen atoms in total. The molecule has 2 N–H and O–H groups in total. The fourth-order valence-electron chi connectivity index (χ4n) is 1.12. The minimum Gasteiger partial charge on any atom is -0.435 e. The molecule has 0 saturated carbocycles. The fourth-order valence-corrected chi connectivity index (χ4v) is 1.12. The third-order valence-corrected chi connectivity index (χ3v) is 3.39. The lowest BCUT2D eigenvalue weighted by Gasteiger charge is -2.42. The molecule has 0 spiro atoms. The van der Waals surface area contributed by atoms with Crippen molar-refractivity contribution in [2.75, 3.05) is 0 Å². The molecule has 0 bridgehead atoms. The first-order chi connectivity index (χ1) is 7.06. The topological polar surface area (TPSA) is 66.8 Å². The van der Waals surface area contributed by atoms with Crippen molar-refractivity contribution in [2.45, 2.75) is 59.9 Å². The summed E-state index contributed by atoms with van der Waals surface area (Å²) >= 11 is 0. The summed E-state index contributed by atoms with van der Waals surface area (Å²) in [5, 5.41) is 20.0. The summed E-state index contributed by atoms with van der Waals surface area (Å²) in [5.41, 5.74) is -2.00. The van der Waals surface area contributed by atoms with Gasteiger partial charge in [0.05, 0.1) is 16.9 Å². The number of rotatable bonds is 5. The Morgan fingerprint density at radius 1 is 1.31 bits per heavy atom. The first kappa shape index (κ1) is 15.4. The lowest BCUT2D eigenvalue weighted by atomic mass is 9.74. The molecule has 0 aliphatic heterocycles. The minimum absolute atomic E-state index is 0.294. The van der Waals surface area contributed by atoms with Crippen molar-refractivity contribution in [1.82, 2.24) is 0 Å². The van der Waals surface area contributed by atoms with Crippen LogP contribution in [0.5, 0.6) is 0 Å². The summed E-state index contributed by atoms with van der Waals surface area (Å²) in [5.74, 6) is -0.760. The van der Waals surface area contributed by atoms with Crippen LogP contribution in [0.4, 0.5) is 0 Å². The van der Waals surface area contributed by atoms with Crippen LogP contribution in [0.2, 0.25) is 0 Å². The Labute approximate surface area is 97.6 Å². The minimum atomic E-state index is -1.31. The Bertz CT molecular complexity index is 243. The molecule has 0 aromatic rings. The molecule has 0 amide bonds. The van der Waals surface area contributed by atoms with Gasteiger partial charge >= 0.3 is 5.97 Å². The van der Waals surface area contributed by atoms with Gasteiger partial charge in [-0.15, -0.1) is 0 Å². The van der Waals surface area contributed by atoms with Crippen molar-refractivity contribution in [3.63, 3.8) is 0 Å². The molecule has 0 aromatic heterocycles. The highest BCUT2D eigenvalue weighted by Gasteiger charge is 2.45. The van der Waals surface area contributed by atoms with E-state index in [9.17, 15) is 15.0 Å². The summed E-state index contributed by atoms with van der Waals surface area (Å²) in [6, 6.07) is 0. The van der Waals surface area contributed by atoms with Crippen LogP contribution in [0, 0.1) is 11.3 Å². The number of hydrogen-bond acceptors (Lipinski definition) is 4. The fraction of sp³-hybridized carbons (Fsp3) is 0.917. The van der Waals surface area contributed by atoms with Crippen LogP contribution in [0.3, 0.4) is 0 Å². The van der Waals surface area contributed by atoms with Crippen LogP contribution in [0.1, 0.15) is 48.0 Å². The summed E-state index contributed by atoms with van der Waals surface area (Å²) in [4.78, 5) is 11.4. The van der Waals surface area contributed by atoms with E-state index >= 15 is 0 Å². The molecule has 0 aliphatic carbocycles. The molecule has 2 unspecified atom stereocenters. The van der Waals surface area contributed by atoms with Crippen molar-refractivity contribution in [2.24, 2.45) is 11.3 Å². The van der Waals surface area contributed by atoms with E-state index in [0.29, 0.717) is 6.42 Å². The lowest BCUT2D eigenvalue weighted by molar-refractivity contribution is -0.224. The van der Waals surface area contributed by atoms with E-state index in [2.05, 4.69) is 0 Å². The molecule has 0 saturated heterocycles. The van der Waals surface area contributed by atoms with Gasteiger partial charge in [-0.2, -0.15) is 0 Å². The largest absolute Gasteiger partial charge is 0.435 e. The number of esters is 1. The second-order valence-electron chi connectivity index (χ2n) is 5.29. The van der Waals surface area contributed by atoms with Crippen molar-refractivity contribution in [3.8, 4) is 0 Å². The lowest BCUT2D eigenvalue weighted by Crippen LogP contribution is -2.50. The van der Waals surface area contributed by atoms with Gasteiger partial charge < -0.3 is 14.9 Å². The maximum absolute atomic E-state index is 11.4. The van der Waals surface area contributed by atoms with Crippen molar-refractivity contribution in [3.05, 3.63) is 0 Å². The molecule has 96 valence electrons. The number of hydrogen-bond donors (Lipinski definition) is 2. The van der Waals surface area contributed by atoms with Crippen LogP contribution in [-0.2, 0) is 9.53 Å². The van der Waals surface area contributed by atoms with Gasteiger partial charge in [0.25, 0.3) is 0 Å². The molecule has 0 radical (unpaired) electrons. The van der Waals surface area contributed by atoms with Gasteiger partial charge in [-0.1, -0.05) is 34.6 Å². The second kappa shape index (κ2) is 5.15. The SMILES string of the molecule is CCC(C)(O)C(C)(C)C(O)OC(=O)C(C)C. The quantitative estimate of drug-likeness (QED) is 0.559. The number of aliphatic hydroxyl groups excluding tert-OH is 1. The predicted octanol–water partition coefficient (Wildman–Crippen LogP) is 1.69. The smallest absolute Gasteiger partial charge is 0.310 e. The van der Waals surface area contributed by atoms with Crippen molar-refractivity contribution >= 4 is 5.97 Å². The van der Waals surface area contributed by atoms with E-state index in [1.54, 1.807) is 34.6 Å². The Kier molecular flexibility index (Phi) is 4.95. The van der Waals surface area contributed by atoms with E-state index in [4.69, 9.17) is 4.74 Å². The van der Waals surface area contributed by atoms with E-state index in [-0.39, 0.29) is 5.92 Å². The number of carbonyl (C=O) groups excluding carboxylic acids is 1. The summed E-state index contributed by atoms with van der Waals surface area (Å²) in [6.45, 7) is 10.2. The summed E-state index contributed by atoms with van der Waals surface area (Å²) in [7, 11) is 0. The summed E-state index contributed by atoms with van der Waals surface area (Å²) < 4.78 is 4.92. The van der Waals surface area contributed by atoms with E-state index < -0.39 is 23.3 Å². The number of carbonyl (C=O) groups is 1. The number of aliphatic hydroxyl groups is 2. The standard InChI is InChI=1S/C12H24O4/c1-7-12(6,15)11(4,5)10(14)16-9(13)8(2)3/h8,10,14-15H,7H2,1-6H3.